The number of rotatable bonds is 9. The second-order valence-corrected chi connectivity index (χ2v) is 8.97. The summed E-state index contributed by atoms with van der Waals surface area (Å²) in [4.78, 5) is 26.7. The average molecular weight is 458 g/mol. The van der Waals surface area contributed by atoms with Crippen LogP contribution in [-0.2, 0) is 4.79 Å². The Labute approximate surface area is 195 Å². The van der Waals surface area contributed by atoms with Crippen LogP contribution in [0, 0.1) is 6.92 Å². The van der Waals surface area contributed by atoms with Crippen molar-refractivity contribution in [2.75, 3.05) is 11.9 Å². The number of carboxylic acid groups (broad SMARTS) is 1. The number of unbranched alkanes of at least 4 members (excludes halogenated alkanes) is 2. The normalized spacial score (nSPS) is 14.1. The van der Waals surface area contributed by atoms with Gasteiger partial charge >= 0.3 is 5.97 Å². The Morgan fingerprint density at radius 3 is 2.50 bits per heavy atom. The molecule has 0 radical (unpaired) electrons. The minimum absolute atomic E-state index is 0.132. The molecule has 1 aliphatic rings. The second kappa shape index (κ2) is 14.5. The number of benzene rings is 1. The highest BCUT2D eigenvalue weighted by Gasteiger charge is 2.14. The van der Waals surface area contributed by atoms with E-state index in [0.29, 0.717) is 5.69 Å². The van der Waals surface area contributed by atoms with Crippen molar-refractivity contribution in [3.05, 3.63) is 52.5 Å². The molecule has 174 valence electrons. The van der Waals surface area contributed by atoms with Gasteiger partial charge in [0, 0.05) is 12.1 Å². The maximum atomic E-state index is 11.7. The fraction of sp³-hybridized carbons (Fsp3) is 0.480. The van der Waals surface area contributed by atoms with Crippen LogP contribution in [0.3, 0.4) is 0 Å². The Morgan fingerprint density at radius 2 is 1.88 bits per heavy atom. The van der Waals surface area contributed by atoms with Crippen molar-refractivity contribution in [2.45, 2.75) is 71.3 Å². The molecule has 1 aliphatic carbocycles. The molecule has 0 atom stereocenters. The van der Waals surface area contributed by atoms with E-state index in [1.54, 1.807) is 13.0 Å². The van der Waals surface area contributed by atoms with Crippen molar-refractivity contribution >= 4 is 34.4 Å². The number of thiazole rings is 1. The standard InChI is InChI=1S/C14H12N2O3S.C11H23N/c1-9-12(13(18)19)20-14(15-9)16-11(17)8-7-10-5-3-2-4-6-10;1-2-3-7-10-12-11-8-5-4-6-9-11/h2-8H,1H3,(H,18,19)(H,15,16,17);11-12H,2-10H2,1H3. The molecule has 0 saturated heterocycles. The van der Waals surface area contributed by atoms with E-state index in [1.165, 1.54) is 64.0 Å². The number of carbonyl (C=O) groups is 2. The van der Waals surface area contributed by atoms with Crippen LogP contribution >= 0.6 is 11.3 Å². The molecule has 6 nitrogen and oxygen atoms in total. The summed E-state index contributed by atoms with van der Waals surface area (Å²) in [6.45, 7) is 5.11. The molecule has 7 heteroatoms. The average Bonchev–Trinajstić information content (AvgIpc) is 3.17. The molecule has 3 rings (SSSR count). The highest BCUT2D eigenvalue weighted by molar-refractivity contribution is 7.17. The summed E-state index contributed by atoms with van der Waals surface area (Å²) in [6, 6.07) is 10.3. The first kappa shape index (κ1) is 25.7. The first-order valence-electron chi connectivity index (χ1n) is 11.5. The van der Waals surface area contributed by atoms with Crippen LogP contribution in [0.5, 0.6) is 0 Å². The maximum absolute atomic E-state index is 11.7. The van der Waals surface area contributed by atoms with Crippen LogP contribution in [0.15, 0.2) is 36.4 Å². The first-order chi connectivity index (χ1) is 15.5. The minimum atomic E-state index is -1.04. The van der Waals surface area contributed by atoms with Crippen molar-refractivity contribution in [1.82, 2.24) is 10.3 Å². The molecule has 3 N–H and O–H groups in total. The number of aromatic carboxylic acids is 1. The van der Waals surface area contributed by atoms with Gasteiger partial charge in [-0.15, -0.1) is 0 Å². The highest BCUT2D eigenvalue weighted by atomic mass is 32.1. The molecule has 1 amide bonds. The van der Waals surface area contributed by atoms with Gasteiger partial charge in [-0.1, -0.05) is 80.7 Å². The van der Waals surface area contributed by atoms with Crippen LogP contribution in [-0.4, -0.2) is 34.6 Å². The largest absolute Gasteiger partial charge is 0.477 e. The van der Waals surface area contributed by atoms with E-state index in [0.717, 1.165) is 22.9 Å². The van der Waals surface area contributed by atoms with E-state index in [1.807, 2.05) is 30.3 Å². The van der Waals surface area contributed by atoms with Gasteiger partial charge in [0.05, 0.1) is 5.69 Å². The number of hydrogen-bond donors (Lipinski definition) is 3. The third-order valence-corrected chi connectivity index (χ3v) is 6.33. The van der Waals surface area contributed by atoms with Gasteiger partial charge in [-0.25, -0.2) is 9.78 Å². The first-order valence-corrected chi connectivity index (χ1v) is 12.3. The zero-order valence-corrected chi connectivity index (χ0v) is 19.9. The lowest BCUT2D eigenvalue weighted by Crippen LogP contribution is -2.31. The lowest BCUT2D eigenvalue weighted by Gasteiger charge is -2.22. The minimum Gasteiger partial charge on any atom is -0.477 e. The Kier molecular flexibility index (Phi) is 11.7. The van der Waals surface area contributed by atoms with E-state index in [9.17, 15) is 9.59 Å². The molecule has 1 fully saturated rings. The molecule has 2 aromatic rings. The van der Waals surface area contributed by atoms with Gasteiger partial charge < -0.3 is 10.4 Å². The van der Waals surface area contributed by atoms with E-state index in [-0.39, 0.29) is 15.9 Å². The molecular formula is C25H35N3O3S. The van der Waals surface area contributed by atoms with E-state index in [4.69, 9.17) is 5.11 Å². The number of aromatic nitrogens is 1. The van der Waals surface area contributed by atoms with Crippen molar-refractivity contribution in [1.29, 1.82) is 0 Å². The maximum Gasteiger partial charge on any atom is 0.347 e. The van der Waals surface area contributed by atoms with Crippen molar-refractivity contribution < 1.29 is 14.7 Å². The summed E-state index contributed by atoms with van der Waals surface area (Å²) in [6.07, 6.45) is 14.4. The molecule has 1 saturated carbocycles. The number of amides is 1. The van der Waals surface area contributed by atoms with Gasteiger partial charge in [0.15, 0.2) is 5.13 Å². The lowest BCUT2D eigenvalue weighted by molar-refractivity contribution is -0.111. The molecule has 0 spiro atoms. The molecule has 0 unspecified atom stereocenters. The second-order valence-electron chi connectivity index (χ2n) is 7.97. The molecule has 1 aromatic heterocycles. The fourth-order valence-electron chi connectivity index (χ4n) is 3.52. The zero-order chi connectivity index (χ0) is 23.2. The summed E-state index contributed by atoms with van der Waals surface area (Å²) in [5, 5.41) is 15.4. The van der Waals surface area contributed by atoms with Crippen LogP contribution in [0.4, 0.5) is 5.13 Å². The summed E-state index contributed by atoms with van der Waals surface area (Å²) in [7, 11) is 0. The van der Waals surface area contributed by atoms with Crippen LogP contribution in [0.2, 0.25) is 0 Å². The highest BCUT2D eigenvalue weighted by Crippen LogP contribution is 2.22. The number of nitrogens with zero attached hydrogens (tertiary/aromatic N) is 1. The van der Waals surface area contributed by atoms with Gasteiger partial charge in [-0.05, 0) is 44.4 Å². The summed E-state index contributed by atoms with van der Waals surface area (Å²) < 4.78 is 0. The SMILES string of the molecule is CCCCCNC1CCCCC1.Cc1nc(NC(=O)C=Cc2ccccc2)sc1C(=O)O. The Balaban J connectivity index is 0.000000258. The molecule has 0 aliphatic heterocycles. The summed E-state index contributed by atoms with van der Waals surface area (Å²) in [5.74, 6) is -1.39. The number of aryl methyl sites for hydroxylation is 1. The van der Waals surface area contributed by atoms with Crippen molar-refractivity contribution in [3.8, 4) is 0 Å². The molecule has 32 heavy (non-hydrogen) atoms. The number of carbonyl (C=O) groups excluding carboxylic acids is 1. The molecular weight excluding hydrogens is 422 g/mol. The summed E-state index contributed by atoms with van der Waals surface area (Å²) >= 11 is 0.941. The van der Waals surface area contributed by atoms with E-state index >= 15 is 0 Å². The van der Waals surface area contributed by atoms with E-state index in [2.05, 4.69) is 22.5 Å². The molecule has 1 heterocycles. The fourth-order valence-corrected chi connectivity index (χ4v) is 4.33. The Bertz CT molecular complexity index is 859. The van der Waals surface area contributed by atoms with Crippen LogP contribution in [0.1, 0.15) is 79.2 Å². The van der Waals surface area contributed by atoms with Crippen LogP contribution in [0.25, 0.3) is 6.08 Å². The van der Waals surface area contributed by atoms with Crippen molar-refractivity contribution in [2.24, 2.45) is 0 Å². The number of nitrogens with one attached hydrogen (secondary N) is 2. The third-order valence-electron chi connectivity index (χ3n) is 5.27. The van der Waals surface area contributed by atoms with Gasteiger partial charge in [-0.3, -0.25) is 10.1 Å². The topological polar surface area (TPSA) is 91.3 Å². The van der Waals surface area contributed by atoms with Gasteiger partial charge in [0.25, 0.3) is 0 Å². The van der Waals surface area contributed by atoms with Crippen LogP contribution < -0.4 is 10.6 Å². The number of hydrogen-bond acceptors (Lipinski definition) is 5. The predicted octanol–water partition coefficient (Wildman–Crippen LogP) is 5.90. The number of carboxylic acids is 1. The smallest absolute Gasteiger partial charge is 0.347 e. The lowest BCUT2D eigenvalue weighted by atomic mass is 9.95. The Hall–Kier alpha value is -2.51. The van der Waals surface area contributed by atoms with Gasteiger partial charge in [-0.2, -0.15) is 0 Å². The monoisotopic (exact) mass is 457 g/mol. The predicted molar refractivity (Wildman–Crippen MR) is 132 cm³/mol. The zero-order valence-electron chi connectivity index (χ0n) is 19.1. The molecule has 1 aromatic carbocycles. The van der Waals surface area contributed by atoms with Crippen molar-refractivity contribution in [3.63, 3.8) is 0 Å². The quantitative estimate of drug-likeness (QED) is 0.322. The Morgan fingerprint density at radius 1 is 1.16 bits per heavy atom. The van der Waals surface area contributed by atoms with E-state index < -0.39 is 5.97 Å². The molecule has 0 bridgehead atoms. The third kappa shape index (κ3) is 9.75. The van der Waals surface area contributed by atoms with Gasteiger partial charge in [0.1, 0.15) is 4.88 Å². The number of anilines is 1. The summed E-state index contributed by atoms with van der Waals surface area (Å²) in [5.41, 5.74) is 1.30. The van der Waals surface area contributed by atoms with Gasteiger partial charge in [0.2, 0.25) is 5.91 Å².